The molecule has 1 unspecified atom stereocenters. The fourth-order valence-corrected chi connectivity index (χ4v) is 4.80. The first kappa shape index (κ1) is 17.5. The highest BCUT2D eigenvalue weighted by Crippen LogP contribution is 2.54. The molecule has 28 heavy (non-hydrogen) atoms. The van der Waals surface area contributed by atoms with E-state index < -0.39 is 23.8 Å². The third kappa shape index (κ3) is 2.67. The number of nitrogens with zero attached hydrogens (tertiary/aromatic N) is 1. The van der Waals surface area contributed by atoms with Gasteiger partial charge in [-0.1, -0.05) is 6.07 Å². The molecule has 8 nitrogen and oxygen atoms in total. The molecule has 2 saturated heterocycles. The number of amides is 4. The van der Waals surface area contributed by atoms with Gasteiger partial charge in [0.15, 0.2) is 0 Å². The van der Waals surface area contributed by atoms with Crippen molar-refractivity contribution < 1.29 is 19.2 Å². The van der Waals surface area contributed by atoms with Gasteiger partial charge in [0.25, 0.3) is 11.8 Å². The minimum absolute atomic E-state index is 0.122. The molecule has 1 saturated carbocycles. The molecule has 4 amide bonds. The van der Waals surface area contributed by atoms with Crippen LogP contribution in [0.1, 0.15) is 45.5 Å². The van der Waals surface area contributed by atoms with Gasteiger partial charge in [-0.3, -0.25) is 29.4 Å². The van der Waals surface area contributed by atoms with E-state index >= 15 is 0 Å². The molecule has 1 aliphatic carbocycles. The van der Waals surface area contributed by atoms with Crippen molar-refractivity contribution in [2.75, 3.05) is 19.6 Å². The van der Waals surface area contributed by atoms with E-state index in [0.717, 1.165) is 36.0 Å². The van der Waals surface area contributed by atoms with Crippen LogP contribution in [-0.4, -0.2) is 54.2 Å². The number of carbonyl (C=O) groups excluding carboxylic acids is 4. The average molecular weight is 382 g/mol. The third-order valence-corrected chi connectivity index (χ3v) is 6.54. The Bertz CT molecular complexity index is 913. The first-order chi connectivity index (χ1) is 13.5. The van der Waals surface area contributed by atoms with Crippen molar-refractivity contribution in [3.8, 4) is 0 Å². The van der Waals surface area contributed by atoms with Gasteiger partial charge in [0, 0.05) is 26.1 Å². The number of carbonyl (C=O) groups is 4. The molecule has 146 valence electrons. The number of fused-ring (bicyclic) bond motifs is 2. The van der Waals surface area contributed by atoms with E-state index in [9.17, 15) is 19.2 Å². The summed E-state index contributed by atoms with van der Waals surface area (Å²) in [6.45, 7) is 3.73. The van der Waals surface area contributed by atoms with Gasteiger partial charge in [-0.25, -0.2) is 0 Å². The van der Waals surface area contributed by atoms with Crippen molar-refractivity contribution in [3.63, 3.8) is 0 Å². The standard InChI is InChI=1S/C20H22N4O4/c25-16-4-3-15(17(26)23-16)24-18(27)13-2-1-11(5-14(13)19(24)28)7-21-9-20-6-12(20)8-22-10-20/h1-2,5,12,15,21-22H,3-4,6-10H2,(H,23,25,26)/t12-,15?,20-/m1/s1. The van der Waals surface area contributed by atoms with Crippen molar-refractivity contribution in [1.82, 2.24) is 20.9 Å². The van der Waals surface area contributed by atoms with E-state index in [1.807, 2.05) is 6.07 Å². The lowest BCUT2D eigenvalue weighted by atomic mass is 10.0. The van der Waals surface area contributed by atoms with Crippen molar-refractivity contribution >= 4 is 23.6 Å². The fourth-order valence-electron chi connectivity index (χ4n) is 4.80. The predicted octanol–water partition coefficient (Wildman–Crippen LogP) is -0.213. The Morgan fingerprint density at radius 2 is 1.96 bits per heavy atom. The molecular formula is C20H22N4O4. The van der Waals surface area contributed by atoms with E-state index in [4.69, 9.17) is 0 Å². The lowest BCUT2D eigenvalue weighted by Crippen LogP contribution is -2.54. The molecule has 3 aliphatic heterocycles. The van der Waals surface area contributed by atoms with Crippen LogP contribution in [0.2, 0.25) is 0 Å². The SMILES string of the molecule is O=C1CCC(N2C(=O)c3ccc(CNC[C@]45CNC[C@H]4C5)cc3C2=O)C(=O)N1. The lowest BCUT2D eigenvalue weighted by molar-refractivity contribution is -0.136. The Morgan fingerprint density at radius 1 is 1.14 bits per heavy atom. The maximum atomic E-state index is 12.8. The molecule has 3 heterocycles. The van der Waals surface area contributed by atoms with E-state index in [0.29, 0.717) is 23.1 Å². The zero-order chi connectivity index (χ0) is 19.5. The molecule has 5 rings (SSSR count). The van der Waals surface area contributed by atoms with Crippen LogP contribution in [0.3, 0.4) is 0 Å². The number of nitrogens with one attached hydrogen (secondary N) is 3. The molecular weight excluding hydrogens is 360 g/mol. The normalized spacial score (nSPS) is 31.1. The zero-order valence-corrected chi connectivity index (χ0v) is 15.4. The van der Waals surface area contributed by atoms with Crippen LogP contribution in [0.25, 0.3) is 0 Å². The van der Waals surface area contributed by atoms with Crippen molar-refractivity contribution in [2.45, 2.75) is 31.8 Å². The summed E-state index contributed by atoms with van der Waals surface area (Å²) in [4.78, 5) is 50.0. The first-order valence-corrected chi connectivity index (χ1v) is 9.74. The van der Waals surface area contributed by atoms with Gasteiger partial charge in [-0.2, -0.15) is 0 Å². The van der Waals surface area contributed by atoms with Crippen LogP contribution in [-0.2, 0) is 16.1 Å². The molecule has 0 radical (unpaired) electrons. The molecule has 0 spiro atoms. The molecule has 3 atom stereocenters. The number of imide groups is 2. The van der Waals surface area contributed by atoms with Crippen LogP contribution in [0.5, 0.6) is 0 Å². The van der Waals surface area contributed by atoms with Gasteiger partial charge in [0.2, 0.25) is 11.8 Å². The van der Waals surface area contributed by atoms with Crippen LogP contribution in [0, 0.1) is 11.3 Å². The largest absolute Gasteiger partial charge is 0.316 e. The maximum absolute atomic E-state index is 12.8. The number of benzene rings is 1. The van der Waals surface area contributed by atoms with Crippen LogP contribution in [0.4, 0.5) is 0 Å². The molecule has 8 heteroatoms. The van der Waals surface area contributed by atoms with E-state index in [-0.39, 0.29) is 18.7 Å². The van der Waals surface area contributed by atoms with Gasteiger partial charge in [-0.15, -0.1) is 0 Å². The highest BCUT2D eigenvalue weighted by atomic mass is 16.2. The second kappa shape index (κ2) is 6.22. The quantitative estimate of drug-likeness (QED) is 0.608. The second-order valence-corrected chi connectivity index (χ2v) is 8.33. The number of hydrogen-bond acceptors (Lipinski definition) is 6. The topological polar surface area (TPSA) is 108 Å². The zero-order valence-electron chi connectivity index (χ0n) is 15.4. The van der Waals surface area contributed by atoms with Crippen molar-refractivity contribution in [3.05, 3.63) is 34.9 Å². The summed E-state index contributed by atoms with van der Waals surface area (Å²) in [6, 6.07) is 4.32. The monoisotopic (exact) mass is 382 g/mol. The Labute approximate surface area is 162 Å². The molecule has 4 aliphatic rings. The second-order valence-electron chi connectivity index (χ2n) is 8.33. The predicted molar refractivity (Wildman–Crippen MR) is 98.2 cm³/mol. The van der Waals surface area contributed by atoms with E-state index in [1.165, 1.54) is 6.42 Å². The van der Waals surface area contributed by atoms with Gasteiger partial charge in [-0.05, 0) is 48.4 Å². The summed E-state index contributed by atoms with van der Waals surface area (Å²) in [5, 5.41) is 9.10. The Balaban J connectivity index is 1.29. The summed E-state index contributed by atoms with van der Waals surface area (Å²) in [6.07, 6.45) is 1.56. The van der Waals surface area contributed by atoms with Gasteiger partial charge in [0.1, 0.15) is 6.04 Å². The highest BCUT2D eigenvalue weighted by molar-refractivity contribution is 6.23. The maximum Gasteiger partial charge on any atom is 0.262 e. The molecule has 0 bridgehead atoms. The van der Waals surface area contributed by atoms with Crippen LogP contribution < -0.4 is 16.0 Å². The van der Waals surface area contributed by atoms with Crippen LogP contribution >= 0.6 is 0 Å². The number of rotatable bonds is 5. The Kier molecular flexibility index (Phi) is 3.89. The minimum Gasteiger partial charge on any atom is -0.316 e. The summed E-state index contributed by atoms with van der Waals surface area (Å²) in [5.41, 5.74) is 1.98. The number of piperidine rings is 2. The Morgan fingerprint density at radius 3 is 2.68 bits per heavy atom. The summed E-state index contributed by atoms with van der Waals surface area (Å²) < 4.78 is 0. The molecule has 3 fully saturated rings. The van der Waals surface area contributed by atoms with Crippen molar-refractivity contribution in [2.24, 2.45) is 11.3 Å². The average Bonchev–Trinajstić information content (AvgIpc) is 3.11. The third-order valence-electron chi connectivity index (χ3n) is 6.54. The van der Waals surface area contributed by atoms with Gasteiger partial charge >= 0.3 is 0 Å². The van der Waals surface area contributed by atoms with E-state index in [2.05, 4.69) is 16.0 Å². The van der Waals surface area contributed by atoms with Gasteiger partial charge in [0.05, 0.1) is 11.1 Å². The first-order valence-electron chi connectivity index (χ1n) is 9.74. The minimum atomic E-state index is -0.924. The summed E-state index contributed by atoms with van der Waals surface area (Å²) >= 11 is 0. The molecule has 1 aromatic carbocycles. The fraction of sp³-hybridized carbons (Fsp3) is 0.500. The van der Waals surface area contributed by atoms with Crippen LogP contribution in [0.15, 0.2) is 18.2 Å². The molecule has 0 aromatic heterocycles. The lowest BCUT2D eigenvalue weighted by Gasteiger charge is -2.27. The molecule has 1 aromatic rings. The Hall–Kier alpha value is -2.58. The number of hydrogen-bond donors (Lipinski definition) is 3. The summed E-state index contributed by atoms with van der Waals surface area (Å²) in [5.74, 6) is -1.11. The summed E-state index contributed by atoms with van der Waals surface area (Å²) in [7, 11) is 0. The van der Waals surface area contributed by atoms with Gasteiger partial charge < -0.3 is 10.6 Å². The molecule has 3 N–H and O–H groups in total. The van der Waals surface area contributed by atoms with Crippen molar-refractivity contribution in [1.29, 1.82) is 0 Å². The van der Waals surface area contributed by atoms with E-state index in [1.54, 1.807) is 12.1 Å². The highest BCUT2D eigenvalue weighted by Gasteiger charge is 2.56. The smallest absolute Gasteiger partial charge is 0.262 e.